The summed E-state index contributed by atoms with van der Waals surface area (Å²) in [6.45, 7) is -0.563. The van der Waals surface area contributed by atoms with Gasteiger partial charge in [0.2, 0.25) is 0 Å². The lowest BCUT2D eigenvalue weighted by Crippen LogP contribution is -2.37. The van der Waals surface area contributed by atoms with Crippen molar-refractivity contribution < 1.29 is 19.5 Å². The largest absolute Gasteiger partial charge is 0.480 e. The van der Waals surface area contributed by atoms with Crippen LogP contribution in [0.2, 0.25) is 5.02 Å². The standard InChI is InChI=1S/C18H15ClN2O4/c19-14-9-5-4-8-13(14)17(24)21-15(18(25)20-11-16(22)23)10-12-6-2-1-3-7-12/h1-10H,11H2,(H,20,25)(H,21,24)(H,22,23)/b15-10-. The van der Waals surface area contributed by atoms with Gasteiger partial charge in [-0.05, 0) is 23.8 Å². The fourth-order valence-electron chi connectivity index (χ4n) is 1.96. The Kier molecular flexibility index (Phi) is 6.31. The van der Waals surface area contributed by atoms with Gasteiger partial charge in [-0.1, -0.05) is 54.1 Å². The number of amides is 2. The number of benzene rings is 2. The van der Waals surface area contributed by atoms with Crippen LogP contribution in [0, 0.1) is 0 Å². The maximum absolute atomic E-state index is 12.4. The van der Waals surface area contributed by atoms with Gasteiger partial charge in [-0.3, -0.25) is 14.4 Å². The van der Waals surface area contributed by atoms with Crippen molar-refractivity contribution in [1.82, 2.24) is 10.6 Å². The Bertz CT molecular complexity index is 819. The second-order valence-corrected chi connectivity index (χ2v) is 5.39. The van der Waals surface area contributed by atoms with Crippen LogP contribution in [-0.2, 0) is 9.59 Å². The third-order valence-electron chi connectivity index (χ3n) is 3.12. The summed E-state index contributed by atoms with van der Waals surface area (Å²) < 4.78 is 0. The summed E-state index contributed by atoms with van der Waals surface area (Å²) in [5.41, 5.74) is 0.786. The van der Waals surface area contributed by atoms with Crippen molar-refractivity contribution >= 4 is 35.5 Å². The minimum absolute atomic E-state index is 0.0858. The summed E-state index contributed by atoms with van der Waals surface area (Å²) in [5, 5.41) is 13.6. The van der Waals surface area contributed by atoms with Crippen LogP contribution in [0.1, 0.15) is 15.9 Å². The number of carbonyl (C=O) groups excluding carboxylic acids is 2. The molecular weight excluding hydrogens is 344 g/mol. The molecule has 0 saturated carbocycles. The molecule has 0 bridgehead atoms. The number of carbonyl (C=O) groups is 3. The zero-order valence-electron chi connectivity index (χ0n) is 13.0. The Morgan fingerprint density at radius 1 is 1.00 bits per heavy atom. The fourth-order valence-corrected chi connectivity index (χ4v) is 2.18. The molecule has 128 valence electrons. The molecule has 2 rings (SSSR count). The summed E-state index contributed by atoms with van der Waals surface area (Å²) in [6, 6.07) is 15.2. The molecule has 0 aliphatic heterocycles. The molecule has 0 fully saturated rings. The van der Waals surface area contributed by atoms with Crippen LogP contribution in [0.4, 0.5) is 0 Å². The molecule has 0 spiro atoms. The van der Waals surface area contributed by atoms with Gasteiger partial charge >= 0.3 is 5.97 Å². The van der Waals surface area contributed by atoms with Gasteiger partial charge in [0.1, 0.15) is 12.2 Å². The number of nitrogens with one attached hydrogen (secondary N) is 2. The van der Waals surface area contributed by atoms with E-state index < -0.39 is 24.3 Å². The Morgan fingerprint density at radius 2 is 1.64 bits per heavy atom. The molecule has 0 heterocycles. The van der Waals surface area contributed by atoms with Crippen molar-refractivity contribution in [1.29, 1.82) is 0 Å². The highest BCUT2D eigenvalue weighted by molar-refractivity contribution is 6.34. The van der Waals surface area contributed by atoms with Gasteiger partial charge in [0.15, 0.2) is 0 Å². The number of hydrogen-bond donors (Lipinski definition) is 3. The number of hydrogen-bond acceptors (Lipinski definition) is 3. The molecule has 6 nitrogen and oxygen atoms in total. The second kappa shape index (κ2) is 8.65. The first-order valence-electron chi connectivity index (χ1n) is 7.30. The van der Waals surface area contributed by atoms with Gasteiger partial charge in [-0.25, -0.2) is 0 Å². The smallest absolute Gasteiger partial charge is 0.322 e. The summed E-state index contributed by atoms with van der Waals surface area (Å²) in [4.78, 5) is 35.2. The summed E-state index contributed by atoms with van der Waals surface area (Å²) in [7, 11) is 0. The molecule has 0 aliphatic carbocycles. The molecule has 0 unspecified atom stereocenters. The van der Waals surface area contributed by atoms with E-state index in [1.54, 1.807) is 42.5 Å². The van der Waals surface area contributed by atoms with E-state index in [1.807, 2.05) is 6.07 Å². The van der Waals surface area contributed by atoms with E-state index >= 15 is 0 Å². The van der Waals surface area contributed by atoms with Crippen molar-refractivity contribution in [2.45, 2.75) is 0 Å². The first kappa shape index (κ1) is 18.2. The number of carboxylic acid groups (broad SMARTS) is 1. The minimum atomic E-state index is -1.19. The highest BCUT2D eigenvalue weighted by Gasteiger charge is 2.16. The van der Waals surface area contributed by atoms with Gasteiger partial charge in [0, 0.05) is 0 Å². The lowest BCUT2D eigenvalue weighted by Gasteiger charge is -2.11. The quantitative estimate of drug-likeness (QED) is 0.690. The van der Waals surface area contributed by atoms with Crippen molar-refractivity contribution in [3.8, 4) is 0 Å². The van der Waals surface area contributed by atoms with Crippen LogP contribution < -0.4 is 10.6 Å². The van der Waals surface area contributed by atoms with Gasteiger partial charge < -0.3 is 15.7 Å². The van der Waals surface area contributed by atoms with E-state index in [1.165, 1.54) is 12.1 Å². The van der Waals surface area contributed by atoms with Crippen molar-refractivity contribution in [2.75, 3.05) is 6.54 Å². The lowest BCUT2D eigenvalue weighted by atomic mass is 10.1. The minimum Gasteiger partial charge on any atom is -0.480 e. The van der Waals surface area contributed by atoms with E-state index in [0.717, 1.165) is 0 Å². The van der Waals surface area contributed by atoms with Crippen molar-refractivity contribution in [3.05, 3.63) is 76.4 Å². The van der Waals surface area contributed by atoms with E-state index in [4.69, 9.17) is 16.7 Å². The van der Waals surface area contributed by atoms with Gasteiger partial charge in [-0.15, -0.1) is 0 Å². The SMILES string of the molecule is O=C(O)CNC(=O)/C(=C/c1ccccc1)NC(=O)c1ccccc1Cl. The monoisotopic (exact) mass is 358 g/mol. The van der Waals surface area contributed by atoms with Crippen LogP contribution in [0.15, 0.2) is 60.3 Å². The molecular formula is C18H15ClN2O4. The highest BCUT2D eigenvalue weighted by Crippen LogP contribution is 2.15. The van der Waals surface area contributed by atoms with Crippen molar-refractivity contribution in [2.24, 2.45) is 0 Å². The van der Waals surface area contributed by atoms with Gasteiger partial charge in [-0.2, -0.15) is 0 Å². The third-order valence-corrected chi connectivity index (χ3v) is 3.45. The maximum Gasteiger partial charge on any atom is 0.322 e. The molecule has 0 saturated heterocycles. The Morgan fingerprint density at radius 3 is 2.28 bits per heavy atom. The zero-order valence-corrected chi connectivity index (χ0v) is 13.8. The molecule has 2 aromatic rings. The van der Waals surface area contributed by atoms with E-state index in [0.29, 0.717) is 5.56 Å². The van der Waals surface area contributed by atoms with Crippen LogP contribution >= 0.6 is 11.6 Å². The number of halogens is 1. The number of carboxylic acids is 1. The topological polar surface area (TPSA) is 95.5 Å². The average molecular weight is 359 g/mol. The molecule has 3 N–H and O–H groups in total. The summed E-state index contributed by atoms with van der Waals surface area (Å²) in [6.07, 6.45) is 1.45. The van der Waals surface area contributed by atoms with Gasteiger partial charge in [0.25, 0.3) is 11.8 Å². The molecule has 2 amide bonds. The molecule has 0 radical (unpaired) electrons. The van der Waals surface area contributed by atoms with E-state index in [2.05, 4.69) is 10.6 Å². The lowest BCUT2D eigenvalue weighted by molar-refractivity contribution is -0.137. The zero-order chi connectivity index (χ0) is 18.2. The predicted octanol–water partition coefficient (Wildman–Crippen LogP) is 2.31. The molecule has 0 atom stereocenters. The normalized spacial score (nSPS) is 10.8. The Labute approximate surface area is 149 Å². The van der Waals surface area contributed by atoms with E-state index in [9.17, 15) is 14.4 Å². The number of aliphatic carboxylic acids is 1. The fraction of sp³-hybridized carbons (Fsp3) is 0.0556. The molecule has 0 aromatic heterocycles. The predicted molar refractivity (Wildman–Crippen MR) is 94.0 cm³/mol. The second-order valence-electron chi connectivity index (χ2n) is 4.98. The van der Waals surface area contributed by atoms with Crippen LogP contribution in [0.25, 0.3) is 6.08 Å². The van der Waals surface area contributed by atoms with E-state index in [-0.39, 0.29) is 16.3 Å². The van der Waals surface area contributed by atoms with Gasteiger partial charge in [0.05, 0.1) is 10.6 Å². The first-order chi connectivity index (χ1) is 12.0. The summed E-state index contributed by atoms with van der Waals surface area (Å²) >= 11 is 5.99. The first-order valence-corrected chi connectivity index (χ1v) is 7.68. The van der Waals surface area contributed by atoms with Crippen LogP contribution in [0.3, 0.4) is 0 Å². The Balaban J connectivity index is 2.26. The summed E-state index contributed by atoms with van der Waals surface area (Å²) in [5.74, 6) is -2.48. The van der Waals surface area contributed by atoms with Crippen molar-refractivity contribution in [3.63, 3.8) is 0 Å². The Hall–Kier alpha value is -3.12. The van der Waals surface area contributed by atoms with Crippen LogP contribution in [0.5, 0.6) is 0 Å². The molecule has 2 aromatic carbocycles. The third kappa shape index (κ3) is 5.47. The molecule has 25 heavy (non-hydrogen) atoms. The number of rotatable bonds is 6. The average Bonchev–Trinajstić information content (AvgIpc) is 2.60. The maximum atomic E-state index is 12.4. The molecule has 0 aliphatic rings. The highest BCUT2D eigenvalue weighted by atomic mass is 35.5. The van der Waals surface area contributed by atoms with Crippen LogP contribution in [-0.4, -0.2) is 29.4 Å². The molecule has 7 heteroatoms.